The van der Waals surface area contributed by atoms with E-state index in [1.807, 2.05) is 0 Å². The van der Waals surface area contributed by atoms with Gasteiger partial charge in [0.15, 0.2) is 5.76 Å². The Labute approximate surface area is 122 Å². The molecule has 0 bridgehead atoms. The number of amides is 1. The number of furan rings is 1. The summed E-state index contributed by atoms with van der Waals surface area (Å²) in [5.41, 5.74) is 1.96. The molecule has 0 saturated heterocycles. The van der Waals surface area contributed by atoms with Crippen LogP contribution in [-0.4, -0.2) is 22.0 Å². The van der Waals surface area contributed by atoms with Gasteiger partial charge in [-0.2, -0.15) is 5.10 Å². The monoisotopic (exact) mass is 304 g/mol. The van der Waals surface area contributed by atoms with Gasteiger partial charge in [-0.1, -0.05) is 6.07 Å². The van der Waals surface area contributed by atoms with Crippen LogP contribution in [0.1, 0.15) is 16.1 Å². The molecule has 0 atom stereocenters. The molecule has 0 unspecified atom stereocenters. The zero-order chi connectivity index (χ0) is 16.1. The minimum atomic E-state index is -0.709. The van der Waals surface area contributed by atoms with Crippen LogP contribution < -0.4 is 5.43 Å². The predicted octanol–water partition coefficient (Wildman–Crippen LogP) is 1.86. The molecule has 1 aromatic carbocycles. The summed E-state index contributed by atoms with van der Waals surface area (Å²) in [6, 6.07) is 7.55. The van der Waals surface area contributed by atoms with Gasteiger partial charge in [0, 0.05) is 17.7 Å². The first-order valence-electron chi connectivity index (χ1n) is 5.79. The number of carbonyl (C=O) groups excluding carboxylic acids is 1. The van der Waals surface area contributed by atoms with Crippen molar-refractivity contribution < 1.29 is 19.1 Å². The van der Waals surface area contributed by atoms with Gasteiger partial charge in [-0.25, -0.2) is 5.43 Å². The van der Waals surface area contributed by atoms with Crippen molar-refractivity contribution in [3.63, 3.8) is 0 Å². The summed E-state index contributed by atoms with van der Waals surface area (Å²) in [7, 11) is 0. The Kier molecular flexibility index (Phi) is 4.22. The Morgan fingerprint density at radius 1 is 1.18 bits per heavy atom. The molecule has 0 spiro atoms. The van der Waals surface area contributed by atoms with E-state index in [0.29, 0.717) is 0 Å². The Hall–Kier alpha value is -3.56. The van der Waals surface area contributed by atoms with Crippen molar-refractivity contribution in [2.75, 3.05) is 0 Å². The first-order valence-corrected chi connectivity index (χ1v) is 5.79. The highest BCUT2D eigenvalue weighted by atomic mass is 16.6. The molecule has 10 nitrogen and oxygen atoms in total. The molecule has 0 aliphatic carbocycles. The first kappa shape index (κ1) is 14.8. The molecule has 1 N–H and O–H groups in total. The summed E-state index contributed by atoms with van der Waals surface area (Å²) in [6.45, 7) is 0. The maximum absolute atomic E-state index is 11.7. The smallest absolute Gasteiger partial charge is 0.400 e. The van der Waals surface area contributed by atoms with Crippen LogP contribution in [0.15, 0.2) is 45.9 Å². The fourth-order valence-corrected chi connectivity index (χ4v) is 1.49. The van der Waals surface area contributed by atoms with Crippen LogP contribution in [0, 0.1) is 20.2 Å². The van der Waals surface area contributed by atoms with Crippen LogP contribution in [0.4, 0.5) is 11.6 Å². The average Bonchev–Trinajstić information content (AvgIpc) is 2.96. The third-order valence-electron chi connectivity index (χ3n) is 2.47. The van der Waals surface area contributed by atoms with Gasteiger partial charge in [0.25, 0.3) is 11.6 Å². The summed E-state index contributed by atoms with van der Waals surface area (Å²) >= 11 is 0. The second kappa shape index (κ2) is 6.26. The zero-order valence-corrected chi connectivity index (χ0v) is 10.8. The van der Waals surface area contributed by atoms with Gasteiger partial charge in [0.1, 0.15) is 4.92 Å². The first-order chi connectivity index (χ1) is 10.5. The van der Waals surface area contributed by atoms with Gasteiger partial charge in [0.05, 0.1) is 17.2 Å². The molecular formula is C12H8N4O6. The van der Waals surface area contributed by atoms with Gasteiger partial charge >= 0.3 is 5.88 Å². The molecule has 1 amide bonds. The van der Waals surface area contributed by atoms with E-state index in [-0.39, 0.29) is 17.0 Å². The Balaban J connectivity index is 2.02. The third kappa shape index (κ3) is 3.50. The van der Waals surface area contributed by atoms with Gasteiger partial charge in [-0.15, -0.1) is 0 Å². The van der Waals surface area contributed by atoms with Crippen molar-refractivity contribution in [1.29, 1.82) is 0 Å². The van der Waals surface area contributed by atoms with Crippen molar-refractivity contribution in [3.8, 4) is 0 Å². The largest absolute Gasteiger partial charge is 0.433 e. The molecule has 0 saturated carbocycles. The lowest BCUT2D eigenvalue weighted by Gasteiger charge is -1.99. The van der Waals surface area contributed by atoms with Gasteiger partial charge in [0.2, 0.25) is 0 Å². The standard InChI is InChI=1S/C12H8N4O6/c17-12(8-2-1-3-9(6-8)15(18)19)14-13-7-10-4-5-11(22-10)16(20)21/h1-7H,(H,14,17)/b13-7-. The van der Waals surface area contributed by atoms with Crippen molar-refractivity contribution in [2.45, 2.75) is 0 Å². The molecule has 0 fully saturated rings. The highest BCUT2D eigenvalue weighted by molar-refractivity contribution is 5.95. The highest BCUT2D eigenvalue weighted by Crippen LogP contribution is 2.14. The molecule has 1 heterocycles. The fourth-order valence-electron chi connectivity index (χ4n) is 1.49. The number of rotatable bonds is 5. The highest BCUT2D eigenvalue weighted by Gasteiger charge is 2.12. The summed E-state index contributed by atoms with van der Waals surface area (Å²) < 4.78 is 4.79. The SMILES string of the molecule is O=C(N/N=C\c1ccc([N+](=O)[O-])o1)c1cccc([N+](=O)[O-])c1. The maximum Gasteiger partial charge on any atom is 0.433 e. The van der Waals surface area contributed by atoms with E-state index >= 15 is 0 Å². The lowest BCUT2D eigenvalue weighted by molar-refractivity contribution is -0.402. The number of nitrogens with one attached hydrogen (secondary N) is 1. The molecule has 0 radical (unpaired) electrons. The lowest BCUT2D eigenvalue weighted by atomic mass is 10.2. The lowest BCUT2D eigenvalue weighted by Crippen LogP contribution is -2.17. The van der Waals surface area contributed by atoms with E-state index in [2.05, 4.69) is 10.5 Å². The molecule has 0 aliphatic heterocycles. The molecule has 0 aliphatic rings. The molecule has 10 heteroatoms. The summed E-state index contributed by atoms with van der Waals surface area (Å²) in [5.74, 6) is -1.04. The van der Waals surface area contributed by atoms with E-state index in [0.717, 1.165) is 18.3 Å². The van der Waals surface area contributed by atoms with E-state index < -0.39 is 21.6 Å². The number of hydrogen-bond donors (Lipinski definition) is 1. The summed E-state index contributed by atoms with van der Waals surface area (Å²) in [4.78, 5) is 31.4. The predicted molar refractivity (Wildman–Crippen MR) is 73.5 cm³/mol. The average molecular weight is 304 g/mol. The minimum absolute atomic E-state index is 0.0526. The number of nitro groups is 2. The molecule has 2 aromatic rings. The van der Waals surface area contributed by atoms with Crippen LogP contribution in [0.5, 0.6) is 0 Å². The van der Waals surface area contributed by atoms with Gasteiger partial charge in [-0.3, -0.25) is 25.0 Å². The molecule has 22 heavy (non-hydrogen) atoms. The van der Waals surface area contributed by atoms with Crippen molar-refractivity contribution in [3.05, 3.63) is 68.0 Å². The fraction of sp³-hybridized carbons (Fsp3) is 0. The van der Waals surface area contributed by atoms with E-state index in [9.17, 15) is 25.0 Å². The molecule has 1 aromatic heterocycles. The van der Waals surface area contributed by atoms with Crippen LogP contribution >= 0.6 is 0 Å². The maximum atomic E-state index is 11.7. The number of non-ortho nitro benzene ring substituents is 1. The number of hydrazone groups is 1. The number of carbonyl (C=O) groups is 1. The Morgan fingerprint density at radius 3 is 2.59 bits per heavy atom. The molecule has 2 rings (SSSR count). The van der Waals surface area contributed by atoms with E-state index in [4.69, 9.17) is 4.42 Å². The third-order valence-corrected chi connectivity index (χ3v) is 2.47. The topological polar surface area (TPSA) is 141 Å². The van der Waals surface area contributed by atoms with Gasteiger partial charge < -0.3 is 4.42 Å². The van der Waals surface area contributed by atoms with Crippen LogP contribution in [0.3, 0.4) is 0 Å². The normalized spacial score (nSPS) is 10.5. The quantitative estimate of drug-likeness (QED) is 0.507. The minimum Gasteiger partial charge on any atom is -0.400 e. The van der Waals surface area contributed by atoms with Crippen LogP contribution in [0.2, 0.25) is 0 Å². The van der Waals surface area contributed by atoms with E-state index in [1.54, 1.807) is 0 Å². The van der Waals surface area contributed by atoms with E-state index in [1.165, 1.54) is 24.3 Å². The van der Waals surface area contributed by atoms with Gasteiger partial charge in [-0.05, 0) is 12.1 Å². The Morgan fingerprint density at radius 2 is 1.95 bits per heavy atom. The second-order valence-electron chi connectivity index (χ2n) is 3.94. The number of nitrogens with zero attached hydrogens (tertiary/aromatic N) is 3. The van der Waals surface area contributed by atoms with Crippen molar-refractivity contribution in [1.82, 2.24) is 5.43 Å². The van der Waals surface area contributed by atoms with Crippen LogP contribution in [-0.2, 0) is 0 Å². The number of nitro benzene ring substituents is 1. The zero-order valence-electron chi connectivity index (χ0n) is 10.8. The number of hydrogen-bond acceptors (Lipinski definition) is 7. The molecular weight excluding hydrogens is 296 g/mol. The Bertz CT molecular complexity index is 766. The molecule has 112 valence electrons. The summed E-state index contributed by atoms with van der Waals surface area (Å²) in [6.07, 6.45) is 1.07. The summed E-state index contributed by atoms with van der Waals surface area (Å²) in [5, 5.41) is 24.6. The van der Waals surface area contributed by atoms with Crippen LogP contribution in [0.25, 0.3) is 0 Å². The number of benzene rings is 1. The van der Waals surface area contributed by atoms with Crippen molar-refractivity contribution >= 4 is 23.7 Å². The second-order valence-corrected chi connectivity index (χ2v) is 3.94. The van der Waals surface area contributed by atoms with Crippen molar-refractivity contribution in [2.24, 2.45) is 5.10 Å².